The average Bonchev–Trinajstić information content (AvgIpc) is 2.74. The molecule has 110 valence electrons. The Morgan fingerprint density at radius 2 is 2.00 bits per heavy atom. The Morgan fingerprint density at radius 1 is 1.15 bits per heavy atom. The van der Waals surface area contributed by atoms with Crippen molar-refractivity contribution in [3.8, 4) is 0 Å². The Kier molecular flexibility index (Phi) is 2.82. The molecule has 6 unspecified atom stereocenters. The van der Waals surface area contributed by atoms with Gasteiger partial charge in [0.05, 0.1) is 6.10 Å². The Hall–Kier alpha value is -0.760. The van der Waals surface area contributed by atoms with Crippen LogP contribution in [0.25, 0.3) is 0 Å². The van der Waals surface area contributed by atoms with Gasteiger partial charge in [0, 0.05) is 5.70 Å². The molecule has 0 radical (unpaired) electrons. The van der Waals surface area contributed by atoms with Gasteiger partial charge >= 0.3 is 0 Å². The predicted octanol–water partition coefficient (Wildman–Crippen LogP) is 3.37. The minimum absolute atomic E-state index is 0.0537. The molecule has 4 aliphatic rings. The number of nitrogens with two attached hydrogens (primary N) is 1. The number of aliphatic hydroxyl groups excluding tert-OH is 1. The summed E-state index contributed by atoms with van der Waals surface area (Å²) in [4.78, 5) is 0. The Balaban J connectivity index is 1.65. The van der Waals surface area contributed by atoms with Gasteiger partial charge in [-0.1, -0.05) is 18.6 Å². The second-order valence-corrected chi connectivity index (χ2v) is 7.90. The summed E-state index contributed by atoms with van der Waals surface area (Å²) in [6, 6.07) is 0. The molecule has 0 aliphatic heterocycles. The maximum atomic E-state index is 10.4. The van der Waals surface area contributed by atoms with Crippen molar-refractivity contribution >= 4 is 0 Å². The van der Waals surface area contributed by atoms with Crippen LogP contribution in [0, 0.1) is 29.1 Å². The van der Waals surface area contributed by atoms with Gasteiger partial charge in [0.2, 0.25) is 0 Å². The van der Waals surface area contributed by atoms with Gasteiger partial charge in [0.15, 0.2) is 0 Å². The van der Waals surface area contributed by atoms with E-state index in [0.29, 0.717) is 0 Å². The van der Waals surface area contributed by atoms with Crippen molar-refractivity contribution in [1.82, 2.24) is 0 Å². The van der Waals surface area contributed by atoms with Crippen molar-refractivity contribution in [3.63, 3.8) is 0 Å². The number of rotatable bonds is 0. The van der Waals surface area contributed by atoms with Crippen LogP contribution in [0.4, 0.5) is 0 Å². The smallest absolute Gasteiger partial charge is 0.0596 e. The summed E-state index contributed by atoms with van der Waals surface area (Å²) in [7, 11) is 0. The lowest BCUT2D eigenvalue weighted by molar-refractivity contribution is -0.0373. The maximum absolute atomic E-state index is 10.4. The van der Waals surface area contributed by atoms with Crippen molar-refractivity contribution in [3.05, 3.63) is 23.4 Å². The van der Waals surface area contributed by atoms with Crippen LogP contribution in [-0.2, 0) is 0 Å². The van der Waals surface area contributed by atoms with Crippen molar-refractivity contribution in [2.24, 2.45) is 34.8 Å². The average molecular weight is 273 g/mol. The van der Waals surface area contributed by atoms with Crippen LogP contribution in [0.2, 0.25) is 0 Å². The largest absolute Gasteiger partial charge is 0.402 e. The van der Waals surface area contributed by atoms with E-state index >= 15 is 0 Å². The summed E-state index contributed by atoms with van der Waals surface area (Å²) in [6.45, 7) is 2.35. The van der Waals surface area contributed by atoms with Gasteiger partial charge in [0.25, 0.3) is 0 Å². The quantitative estimate of drug-likeness (QED) is 0.711. The monoisotopic (exact) mass is 273 g/mol. The van der Waals surface area contributed by atoms with Gasteiger partial charge in [-0.3, -0.25) is 0 Å². The summed E-state index contributed by atoms with van der Waals surface area (Å²) < 4.78 is 0. The zero-order valence-corrected chi connectivity index (χ0v) is 12.5. The molecule has 4 rings (SSSR count). The SMILES string of the molecule is CC12CCC3C4=CC=C(N)CC4CCC3C1CCC2O. The van der Waals surface area contributed by atoms with E-state index < -0.39 is 0 Å². The zero-order valence-electron chi connectivity index (χ0n) is 12.5. The molecule has 0 spiro atoms. The van der Waals surface area contributed by atoms with Crippen molar-refractivity contribution < 1.29 is 5.11 Å². The lowest BCUT2D eigenvalue weighted by atomic mass is 9.53. The van der Waals surface area contributed by atoms with Gasteiger partial charge in [-0.15, -0.1) is 0 Å². The summed E-state index contributed by atoms with van der Waals surface area (Å²) >= 11 is 0. The first kappa shape index (κ1) is 12.9. The molecule has 2 nitrogen and oxygen atoms in total. The van der Waals surface area contributed by atoms with Gasteiger partial charge in [-0.05, 0) is 80.1 Å². The fourth-order valence-corrected chi connectivity index (χ4v) is 5.97. The molecule has 0 bridgehead atoms. The molecule has 20 heavy (non-hydrogen) atoms. The summed E-state index contributed by atoms with van der Waals surface area (Å²) in [6.07, 6.45) is 12.9. The summed E-state index contributed by atoms with van der Waals surface area (Å²) in [5.41, 5.74) is 8.98. The third-order valence-corrected chi connectivity index (χ3v) is 7.11. The first-order valence-corrected chi connectivity index (χ1v) is 8.44. The topological polar surface area (TPSA) is 46.2 Å². The fourth-order valence-electron chi connectivity index (χ4n) is 5.97. The second-order valence-electron chi connectivity index (χ2n) is 7.90. The lowest BCUT2D eigenvalue weighted by Crippen LogP contribution is -2.46. The summed E-state index contributed by atoms with van der Waals surface area (Å²) in [5.74, 6) is 3.07. The van der Waals surface area contributed by atoms with E-state index in [-0.39, 0.29) is 11.5 Å². The number of hydrogen-bond donors (Lipinski definition) is 2. The number of allylic oxidation sites excluding steroid dienone is 4. The van der Waals surface area contributed by atoms with E-state index in [9.17, 15) is 5.11 Å². The van der Waals surface area contributed by atoms with Crippen LogP contribution in [0.3, 0.4) is 0 Å². The molecule has 3 fully saturated rings. The van der Waals surface area contributed by atoms with E-state index in [0.717, 1.165) is 42.2 Å². The molecule has 0 amide bonds. The van der Waals surface area contributed by atoms with Gasteiger partial charge in [-0.2, -0.15) is 0 Å². The molecule has 0 aromatic carbocycles. The maximum Gasteiger partial charge on any atom is 0.0596 e. The molecule has 0 heterocycles. The third-order valence-electron chi connectivity index (χ3n) is 7.11. The van der Waals surface area contributed by atoms with Crippen molar-refractivity contribution in [2.75, 3.05) is 0 Å². The molecular weight excluding hydrogens is 246 g/mol. The first-order valence-electron chi connectivity index (χ1n) is 8.44. The summed E-state index contributed by atoms with van der Waals surface area (Å²) in [5, 5.41) is 10.4. The van der Waals surface area contributed by atoms with E-state index in [1.54, 1.807) is 5.57 Å². The minimum Gasteiger partial charge on any atom is -0.402 e. The highest BCUT2D eigenvalue weighted by Gasteiger charge is 2.55. The second kappa shape index (κ2) is 4.37. The Morgan fingerprint density at radius 3 is 2.85 bits per heavy atom. The predicted molar refractivity (Wildman–Crippen MR) is 80.7 cm³/mol. The first-order chi connectivity index (χ1) is 9.59. The van der Waals surface area contributed by atoms with Crippen LogP contribution >= 0.6 is 0 Å². The molecule has 4 aliphatic carbocycles. The van der Waals surface area contributed by atoms with E-state index in [4.69, 9.17) is 5.73 Å². The number of hydrogen-bond acceptors (Lipinski definition) is 2. The Bertz CT molecular complexity index is 480. The normalized spacial score (nSPS) is 50.6. The molecule has 6 atom stereocenters. The lowest BCUT2D eigenvalue weighted by Gasteiger charge is -2.52. The van der Waals surface area contributed by atoms with Gasteiger partial charge in [0.1, 0.15) is 0 Å². The molecule has 2 heteroatoms. The van der Waals surface area contributed by atoms with Gasteiger partial charge < -0.3 is 10.8 Å². The molecular formula is C18H27NO. The highest BCUT2D eigenvalue weighted by atomic mass is 16.3. The number of fused-ring (bicyclic) bond motifs is 5. The van der Waals surface area contributed by atoms with Crippen LogP contribution in [0.5, 0.6) is 0 Å². The van der Waals surface area contributed by atoms with Crippen LogP contribution < -0.4 is 5.73 Å². The molecule has 0 aromatic rings. The molecule has 3 saturated carbocycles. The highest BCUT2D eigenvalue weighted by molar-refractivity contribution is 5.30. The van der Waals surface area contributed by atoms with E-state index in [2.05, 4.69) is 19.1 Å². The number of aliphatic hydroxyl groups is 1. The zero-order chi connectivity index (χ0) is 13.9. The van der Waals surface area contributed by atoms with Crippen LogP contribution in [-0.4, -0.2) is 11.2 Å². The molecule has 0 aromatic heterocycles. The van der Waals surface area contributed by atoms with Crippen molar-refractivity contribution in [2.45, 2.75) is 58.0 Å². The fraction of sp³-hybridized carbons (Fsp3) is 0.778. The van der Waals surface area contributed by atoms with Crippen LogP contribution in [0.15, 0.2) is 23.4 Å². The van der Waals surface area contributed by atoms with E-state index in [1.807, 2.05) is 0 Å². The van der Waals surface area contributed by atoms with E-state index in [1.165, 1.54) is 32.1 Å². The minimum atomic E-state index is -0.0537. The molecule has 3 N–H and O–H groups in total. The standard InChI is InChI=1S/C18H27NO/c1-18-9-8-14-13-5-3-12(19)10-11(13)2-4-15(14)16(18)6-7-17(18)20/h3,5,11,14-17,20H,2,4,6-10,19H2,1H3. The molecule has 0 saturated heterocycles. The van der Waals surface area contributed by atoms with Crippen molar-refractivity contribution in [1.29, 1.82) is 0 Å². The Labute approximate surface area is 122 Å². The highest BCUT2D eigenvalue weighted by Crippen LogP contribution is 2.61. The van der Waals surface area contributed by atoms with Crippen LogP contribution in [0.1, 0.15) is 51.9 Å². The van der Waals surface area contributed by atoms with Gasteiger partial charge in [-0.25, -0.2) is 0 Å². The third kappa shape index (κ3) is 1.67.